The molecule has 306 valence electrons. The molecule has 0 amide bonds. The van der Waals surface area contributed by atoms with Crippen LogP contribution in [0.4, 0.5) is 0 Å². The normalized spacial score (nSPS) is 21.4. The summed E-state index contributed by atoms with van der Waals surface area (Å²) in [5, 5.41) is 40.6. The zero-order valence-electron chi connectivity index (χ0n) is 32.7. The quantitative estimate of drug-likeness (QED) is 0.0322. The van der Waals surface area contributed by atoms with Crippen LogP contribution in [0.5, 0.6) is 0 Å². The van der Waals surface area contributed by atoms with Gasteiger partial charge < -0.3 is 44.1 Å². The molecule has 1 rings (SSSR count). The highest BCUT2D eigenvalue weighted by molar-refractivity contribution is 5.71. The maximum Gasteiger partial charge on any atom is 0.306 e. The summed E-state index contributed by atoms with van der Waals surface area (Å²) < 4.78 is 28.1. The molecule has 0 unspecified atom stereocenters. The Balaban J connectivity index is 2.80. The molecule has 0 spiro atoms. The largest absolute Gasteiger partial charge is 0.463 e. The Bertz CT molecular complexity index is 902. The SMILES string of the molecule is CCCCCCCCCCCCCC(=O)O[C@@H]1[C@H](OC[C@@H](O)[C@H](O)CO)O[C@H](COC(C)=O)[C@@H](O)[C@@H]1OC(=O)CCCCCCCCCCCCC. The first-order valence-electron chi connectivity index (χ1n) is 20.6. The number of carbonyl (C=O) groups is 3. The van der Waals surface area contributed by atoms with E-state index in [0.29, 0.717) is 12.8 Å². The average molecular weight is 747 g/mol. The fourth-order valence-electron chi connectivity index (χ4n) is 6.34. The number of carbonyl (C=O) groups excluding carboxylic acids is 3. The lowest BCUT2D eigenvalue weighted by Crippen LogP contribution is -2.62. The highest BCUT2D eigenvalue weighted by atomic mass is 16.7. The van der Waals surface area contributed by atoms with Crippen LogP contribution >= 0.6 is 0 Å². The lowest BCUT2D eigenvalue weighted by molar-refractivity contribution is -0.311. The van der Waals surface area contributed by atoms with Gasteiger partial charge in [-0.15, -0.1) is 0 Å². The van der Waals surface area contributed by atoms with Crippen LogP contribution in [0.1, 0.15) is 175 Å². The fraction of sp³-hybridized carbons (Fsp3) is 0.925. The molecule has 1 heterocycles. The van der Waals surface area contributed by atoms with E-state index >= 15 is 0 Å². The van der Waals surface area contributed by atoms with Gasteiger partial charge in [0, 0.05) is 19.8 Å². The van der Waals surface area contributed by atoms with Crippen molar-refractivity contribution in [2.75, 3.05) is 19.8 Å². The summed E-state index contributed by atoms with van der Waals surface area (Å²) in [4.78, 5) is 37.7. The van der Waals surface area contributed by atoms with Crippen LogP contribution in [0.25, 0.3) is 0 Å². The van der Waals surface area contributed by atoms with E-state index in [1.54, 1.807) is 0 Å². The highest BCUT2D eigenvalue weighted by Crippen LogP contribution is 2.29. The number of rotatable bonds is 33. The van der Waals surface area contributed by atoms with Crippen molar-refractivity contribution in [1.82, 2.24) is 0 Å². The third-order valence-electron chi connectivity index (χ3n) is 9.64. The average Bonchev–Trinajstić information content (AvgIpc) is 3.12. The first-order chi connectivity index (χ1) is 25.1. The van der Waals surface area contributed by atoms with E-state index in [0.717, 1.165) is 38.5 Å². The number of hydrogen-bond donors (Lipinski definition) is 4. The van der Waals surface area contributed by atoms with Gasteiger partial charge in [-0.3, -0.25) is 14.4 Å². The van der Waals surface area contributed by atoms with E-state index in [2.05, 4.69) is 13.8 Å². The van der Waals surface area contributed by atoms with Gasteiger partial charge in [0.25, 0.3) is 0 Å². The molecule has 12 nitrogen and oxygen atoms in total. The van der Waals surface area contributed by atoms with Gasteiger partial charge in [-0.2, -0.15) is 0 Å². The van der Waals surface area contributed by atoms with Gasteiger partial charge in [0.2, 0.25) is 0 Å². The lowest BCUT2D eigenvalue weighted by atomic mass is 9.98. The molecule has 0 bridgehead atoms. The van der Waals surface area contributed by atoms with Crippen molar-refractivity contribution in [2.24, 2.45) is 0 Å². The molecule has 7 atom stereocenters. The molecule has 1 fully saturated rings. The smallest absolute Gasteiger partial charge is 0.306 e. The minimum atomic E-state index is -1.53. The molecule has 1 aliphatic rings. The van der Waals surface area contributed by atoms with Crippen molar-refractivity contribution in [2.45, 2.75) is 218 Å². The summed E-state index contributed by atoms with van der Waals surface area (Å²) >= 11 is 0. The van der Waals surface area contributed by atoms with Gasteiger partial charge in [0.05, 0.1) is 13.2 Å². The van der Waals surface area contributed by atoms with Crippen molar-refractivity contribution >= 4 is 17.9 Å². The molecule has 1 aliphatic heterocycles. The second-order valence-electron chi connectivity index (χ2n) is 14.5. The van der Waals surface area contributed by atoms with E-state index in [9.17, 15) is 34.8 Å². The first-order valence-corrected chi connectivity index (χ1v) is 20.6. The van der Waals surface area contributed by atoms with Crippen LogP contribution in [0.3, 0.4) is 0 Å². The molecule has 0 aromatic heterocycles. The van der Waals surface area contributed by atoms with Crippen molar-refractivity contribution in [3.63, 3.8) is 0 Å². The maximum atomic E-state index is 13.1. The first kappa shape index (κ1) is 48.2. The zero-order chi connectivity index (χ0) is 38.4. The van der Waals surface area contributed by atoms with Crippen LogP contribution in [-0.4, -0.2) is 101 Å². The molecule has 0 saturated carbocycles. The van der Waals surface area contributed by atoms with E-state index in [1.807, 2.05) is 0 Å². The van der Waals surface area contributed by atoms with Crippen LogP contribution in [0.15, 0.2) is 0 Å². The molecule has 0 aromatic carbocycles. The van der Waals surface area contributed by atoms with Crippen molar-refractivity contribution < 1.29 is 58.5 Å². The summed E-state index contributed by atoms with van der Waals surface area (Å²) in [5.41, 5.74) is 0. The van der Waals surface area contributed by atoms with Crippen LogP contribution in [0.2, 0.25) is 0 Å². The monoisotopic (exact) mass is 747 g/mol. The van der Waals surface area contributed by atoms with Crippen LogP contribution < -0.4 is 0 Å². The standard InChI is InChI=1S/C40H74O12/c1-4-6-8-10-12-14-16-18-20-22-24-26-35(45)51-38-37(47)34(30-48-31(3)42)50-40(49-29-33(44)32(43)28-41)39(38)52-36(46)27-25-23-21-19-17-15-13-11-9-7-5-2/h32-34,37-41,43-44,47H,4-30H2,1-3H3/t32-,33-,34-,37-,38+,39+,40-/m1/s1. The predicted molar refractivity (Wildman–Crippen MR) is 198 cm³/mol. The summed E-state index contributed by atoms with van der Waals surface area (Å²) in [6, 6.07) is 0. The van der Waals surface area contributed by atoms with Gasteiger partial charge in [0.15, 0.2) is 18.5 Å². The van der Waals surface area contributed by atoms with Crippen molar-refractivity contribution in [3.05, 3.63) is 0 Å². The third-order valence-corrected chi connectivity index (χ3v) is 9.64. The zero-order valence-corrected chi connectivity index (χ0v) is 32.7. The summed E-state index contributed by atoms with van der Waals surface area (Å²) in [6.45, 7) is 3.97. The lowest BCUT2D eigenvalue weighted by Gasteiger charge is -2.43. The van der Waals surface area contributed by atoms with Gasteiger partial charge in [-0.05, 0) is 12.8 Å². The molecule has 12 heteroatoms. The molecular formula is C40H74O12. The van der Waals surface area contributed by atoms with Gasteiger partial charge in [-0.1, -0.05) is 142 Å². The Hall–Kier alpha value is -1.83. The Morgan fingerprint density at radius 3 is 1.42 bits per heavy atom. The van der Waals surface area contributed by atoms with E-state index < -0.39 is 80.6 Å². The van der Waals surface area contributed by atoms with Crippen molar-refractivity contribution in [1.29, 1.82) is 0 Å². The maximum absolute atomic E-state index is 13.1. The fourth-order valence-corrected chi connectivity index (χ4v) is 6.34. The number of ether oxygens (including phenoxy) is 5. The molecule has 1 saturated heterocycles. The van der Waals surface area contributed by atoms with Gasteiger partial charge >= 0.3 is 17.9 Å². The Labute approximate surface area is 313 Å². The second kappa shape index (κ2) is 31.5. The number of unbranched alkanes of at least 4 members (excludes halogenated alkanes) is 20. The Kier molecular flexibility index (Phi) is 29.2. The number of esters is 3. The van der Waals surface area contributed by atoms with E-state index in [4.69, 9.17) is 23.7 Å². The summed E-state index contributed by atoms with van der Waals surface area (Å²) in [7, 11) is 0. The van der Waals surface area contributed by atoms with Crippen LogP contribution in [-0.2, 0) is 38.1 Å². The Morgan fingerprint density at radius 1 is 0.615 bits per heavy atom. The summed E-state index contributed by atoms with van der Waals surface area (Å²) in [5.74, 6) is -1.81. The minimum absolute atomic E-state index is 0.0957. The predicted octanol–water partition coefficient (Wildman–Crippen LogP) is 6.59. The number of aliphatic hydroxyl groups excluding tert-OH is 4. The molecular weight excluding hydrogens is 672 g/mol. The number of aliphatic hydroxyl groups is 4. The molecule has 0 radical (unpaired) electrons. The third kappa shape index (κ3) is 23.1. The van der Waals surface area contributed by atoms with Gasteiger partial charge in [-0.25, -0.2) is 0 Å². The molecule has 0 aromatic rings. The minimum Gasteiger partial charge on any atom is -0.463 e. The molecule has 52 heavy (non-hydrogen) atoms. The highest BCUT2D eigenvalue weighted by Gasteiger charge is 2.51. The topological polar surface area (TPSA) is 178 Å². The molecule has 0 aliphatic carbocycles. The second-order valence-corrected chi connectivity index (χ2v) is 14.5. The van der Waals surface area contributed by atoms with Gasteiger partial charge in [0.1, 0.15) is 31.0 Å². The van der Waals surface area contributed by atoms with E-state index in [-0.39, 0.29) is 12.8 Å². The summed E-state index contributed by atoms with van der Waals surface area (Å²) in [6.07, 6.45) is 14.8. The van der Waals surface area contributed by atoms with Crippen LogP contribution in [0, 0.1) is 0 Å². The number of hydrogen-bond acceptors (Lipinski definition) is 12. The van der Waals surface area contributed by atoms with E-state index in [1.165, 1.54) is 96.8 Å². The molecule has 4 N–H and O–H groups in total. The van der Waals surface area contributed by atoms with Crippen molar-refractivity contribution in [3.8, 4) is 0 Å². The Morgan fingerprint density at radius 2 is 1.02 bits per heavy atom.